The number of carboxylic acid groups (broad SMARTS) is 1. The lowest BCUT2D eigenvalue weighted by atomic mass is 10.3. The van der Waals surface area contributed by atoms with Crippen molar-refractivity contribution in [3.63, 3.8) is 0 Å². The van der Waals surface area contributed by atoms with E-state index < -0.39 is 11.9 Å². The molecule has 2 N–H and O–H groups in total. The highest BCUT2D eigenvalue weighted by atomic mass is 16.5. The van der Waals surface area contributed by atoms with Gasteiger partial charge in [-0.2, -0.15) is 4.98 Å². The maximum Gasteiger partial charge on any atom is 0.307 e. The first-order chi connectivity index (χ1) is 8.08. The van der Waals surface area contributed by atoms with Crippen molar-refractivity contribution < 1.29 is 19.2 Å². The number of aromatic nitrogens is 2. The molecule has 1 aliphatic carbocycles. The molecule has 1 saturated carbocycles. The summed E-state index contributed by atoms with van der Waals surface area (Å²) >= 11 is 0. The molecule has 1 aromatic rings. The summed E-state index contributed by atoms with van der Waals surface area (Å²) in [5.74, 6) is -0.989. The molecule has 0 bridgehead atoms. The summed E-state index contributed by atoms with van der Waals surface area (Å²) in [6.07, 6.45) is 0.887. The van der Waals surface area contributed by atoms with Gasteiger partial charge in [0.25, 0.3) is 0 Å². The predicted molar refractivity (Wildman–Crippen MR) is 55.0 cm³/mol. The van der Waals surface area contributed by atoms with Gasteiger partial charge in [0.05, 0.1) is 11.8 Å². The lowest BCUT2D eigenvalue weighted by Gasteiger charge is -2.01. The maximum atomic E-state index is 11.5. The van der Waals surface area contributed by atoms with Crippen LogP contribution in [0.3, 0.4) is 0 Å². The van der Waals surface area contributed by atoms with E-state index in [0.717, 1.165) is 0 Å². The monoisotopic (exact) mass is 239 g/mol. The zero-order valence-electron chi connectivity index (χ0n) is 9.34. The molecule has 7 nitrogen and oxygen atoms in total. The van der Waals surface area contributed by atoms with Crippen LogP contribution in [0.25, 0.3) is 0 Å². The van der Waals surface area contributed by atoms with Crippen LogP contribution >= 0.6 is 0 Å². The zero-order valence-corrected chi connectivity index (χ0v) is 9.34. The second kappa shape index (κ2) is 4.52. The van der Waals surface area contributed by atoms with E-state index in [2.05, 4.69) is 15.5 Å². The third kappa shape index (κ3) is 2.80. The van der Waals surface area contributed by atoms with Gasteiger partial charge in [0.1, 0.15) is 0 Å². The smallest absolute Gasteiger partial charge is 0.307 e. The molecule has 2 unspecified atom stereocenters. The van der Waals surface area contributed by atoms with E-state index in [1.807, 2.05) is 0 Å². The molecule has 0 spiro atoms. The minimum atomic E-state index is -0.905. The van der Waals surface area contributed by atoms with Crippen LogP contribution in [0.2, 0.25) is 0 Å². The lowest BCUT2D eigenvalue weighted by molar-refractivity contribution is -0.140. The predicted octanol–water partition coefficient (Wildman–Crippen LogP) is -0.243. The summed E-state index contributed by atoms with van der Waals surface area (Å²) in [4.78, 5) is 26.0. The molecule has 0 aliphatic heterocycles. The number of aryl methyl sites for hydroxylation is 1. The van der Waals surface area contributed by atoms with Crippen molar-refractivity contribution >= 4 is 11.9 Å². The molecule has 2 atom stereocenters. The van der Waals surface area contributed by atoms with E-state index >= 15 is 0 Å². The quantitative estimate of drug-likeness (QED) is 0.734. The van der Waals surface area contributed by atoms with Crippen LogP contribution in [0.4, 0.5) is 0 Å². The van der Waals surface area contributed by atoms with Gasteiger partial charge in [-0.25, -0.2) is 0 Å². The molecule has 1 fully saturated rings. The Morgan fingerprint density at radius 1 is 1.53 bits per heavy atom. The summed E-state index contributed by atoms with van der Waals surface area (Å²) < 4.78 is 4.88. The Morgan fingerprint density at radius 2 is 2.29 bits per heavy atom. The molecule has 2 rings (SSSR count). The number of nitrogens with zero attached hydrogens (tertiary/aromatic N) is 2. The molecular weight excluding hydrogens is 226 g/mol. The highest BCUT2D eigenvalue weighted by Crippen LogP contribution is 2.38. The van der Waals surface area contributed by atoms with Crippen molar-refractivity contribution in [2.45, 2.75) is 19.8 Å². The van der Waals surface area contributed by atoms with Crippen LogP contribution < -0.4 is 5.32 Å². The fourth-order valence-corrected chi connectivity index (χ4v) is 1.62. The van der Waals surface area contributed by atoms with Gasteiger partial charge in [-0.05, 0) is 13.3 Å². The average molecular weight is 239 g/mol. The normalized spacial score (nSPS) is 22.2. The molecule has 1 aromatic heterocycles. The number of carbonyl (C=O) groups excluding carboxylic acids is 1. The Balaban J connectivity index is 1.69. The number of hydrogen-bond acceptors (Lipinski definition) is 5. The summed E-state index contributed by atoms with van der Waals surface area (Å²) in [6, 6.07) is 0. The number of rotatable bonds is 5. The van der Waals surface area contributed by atoms with E-state index in [-0.39, 0.29) is 11.8 Å². The summed E-state index contributed by atoms with van der Waals surface area (Å²) in [5, 5.41) is 14.9. The van der Waals surface area contributed by atoms with Crippen LogP contribution in [0.1, 0.15) is 18.1 Å². The molecule has 92 valence electrons. The molecule has 0 radical (unpaired) electrons. The van der Waals surface area contributed by atoms with Gasteiger partial charge in [0.2, 0.25) is 11.8 Å². The van der Waals surface area contributed by atoms with Crippen LogP contribution in [0.15, 0.2) is 4.52 Å². The summed E-state index contributed by atoms with van der Waals surface area (Å²) in [6.45, 7) is 2.09. The van der Waals surface area contributed by atoms with Gasteiger partial charge in [0, 0.05) is 13.0 Å². The fraction of sp³-hybridized carbons (Fsp3) is 0.600. The van der Waals surface area contributed by atoms with Gasteiger partial charge in [-0.3, -0.25) is 9.59 Å². The second-order valence-corrected chi connectivity index (χ2v) is 4.06. The Bertz CT molecular complexity index is 443. The van der Waals surface area contributed by atoms with E-state index in [1.54, 1.807) is 6.92 Å². The number of carbonyl (C=O) groups is 2. The molecule has 7 heteroatoms. The highest BCUT2D eigenvalue weighted by molar-refractivity contribution is 5.89. The Kier molecular flexibility index (Phi) is 3.08. The number of nitrogens with one attached hydrogen (secondary N) is 1. The van der Waals surface area contributed by atoms with E-state index in [1.165, 1.54) is 0 Å². The van der Waals surface area contributed by atoms with Gasteiger partial charge < -0.3 is 14.9 Å². The van der Waals surface area contributed by atoms with Gasteiger partial charge >= 0.3 is 5.97 Å². The number of carboxylic acids is 1. The van der Waals surface area contributed by atoms with E-state index in [0.29, 0.717) is 31.1 Å². The largest absolute Gasteiger partial charge is 0.481 e. The first kappa shape index (κ1) is 11.6. The first-order valence-corrected chi connectivity index (χ1v) is 5.37. The highest BCUT2D eigenvalue weighted by Gasteiger charge is 2.48. The van der Waals surface area contributed by atoms with Crippen LogP contribution in [0, 0.1) is 18.8 Å². The van der Waals surface area contributed by atoms with Crippen molar-refractivity contribution in [1.29, 1.82) is 0 Å². The number of amides is 1. The van der Waals surface area contributed by atoms with Crippen LogP contribution in [-0.4, -0.2) is 33.7 Å². The lowest BCUT2D eigenvalue weighted by Crippen LogP contribution is -2.28. The minimum absolute atomic E-state index is 0.214. The Hall–Kier alpha value is -1.92. The minimum Gasteiger partial charge on any atom is -0.481 e. The van der Waals surface area contributed by atoms with Crippen LogP contribution in [0.5, 0.6) is 0 Å². The molecule has 1 amide bonds. The third-order valence-corrected chi connectivity index (χ3v) is 2.65. The number of hydrogen-bond donors (Lipinski definition) is 2. The number of aliphatic carboxylic acids is 1. The van der Waals surface area contributed by atoms with E-state index in [9.17, 15) is 9.59 Å². The van der Waals surface area contributed by atoms with Gasteiger partial charge in [0.15, 0.2) is 5.82 Å². The summed E-state index contributed by atoms with van der Waals surface area (Å²) in [7, 11) is 0. The molecule has 17 heavy (non-hydrogen) atoms. The molecule has 0 saturated heterocycles. The van der Waals surface area contributed by atoms with Crippen molar-refractivity contribution in [3.8, 4) is 0 Å². The van der Waals surface area contributed by atoms with Gasteiger partial charge in [-0.1, -0.05) is 5.16 Å². The molecule has 0 aromatic carbocycles. The second-order valence-electron chi connectivity index (χ2n) is 4.06. The van der Waals surface area contributed by atoms with Crippen molar-refractivity contribution in [1.82, 2.24) is 15.5 Å². The topological polar surface area (TPSA) is 105 Å². The molecule has 1 heterocycles. The molecular formula is C10H13N3O4. The SMILES string of the molecule is Cc1noc(CCNC(=O)C2CC2C(=O)O)n1. The summed E-state index contributed by atoms with van der Waals surface area (Å²) in [5.41, 5.74) is 0. The van der Waals surface area contributed by atoms with Crippen LogP contribution in [-0.2, 0) is 16.0 Å². The van der Waals surface area contributed by atoms with Gasteiger partial charge in [-0.15, -0.1) is 0 Å². The fourth-order valence-electron chi connectivity index (χ4n) is 1.62. The standard InChI is InChI=1S/C10H13N3O4/c1-5-12-8(17-13-5)2-3-11-9(14)6-4-7(6)10(15)16/h6-7H,2-4H2,1H3,(H,11,14)(H,15,16). The molecule has 1 aliphatic rings. The average Bonchev–Trinajstić information content (AvgIpc) is 2.97. The Labute approximate surface area is 97.2 Å². The Morgan fingerprint density at radius 3 is 2.82 bits per heavy atom. The van der Waals surface area contributed by atoms with Crippen molar-refractivity contribution in [2.24, 2.45) is 11.8 Å². The van der Waals surface area contributed by atoms with Crippen molar-refractivity contribution in [3.05, 3.63) is 11.7 Å². The van der Waals surface area contributed by atoms with Crippen molar-refractivity contribution in [2.75, 3.05) is 6.54 Å². The zero-order chi connectivity index (χ0) is 12.4. The third-order valence-electron chi connectivity index (χ3n) is 2.65. The van der Waals surface area contributed by atoms with E-state index in [4.69, 9.17) is 9.63 Å². The first-order valence-electron chi connectivity index (χ1n) is 5.37. The maximum absolute atomic E-state index is 11.5.